The van der Waals surface area contributed by atoms with Crippen LogP contribution in [-0.4, -0.2) is 23.2 Å². The summed E-state index contributed by atoms with van der Waals surface area (Å²) in [5, 5.41) is 3.91. The lowest BCUT2D eigenvalue weighted by molar-refractivity contribution is -0.116. The summed E-state index contributed by atoms with van der Waals surface area (Å²) in [6.07, 6.45) is 3.63. The van der Waals surface area contributed by atoms with Crippen LogP contribution in [0.1, 0.15) is 11.7 Å². The number of aldehydes is 1. The zero-order valence-electron chi connectivity index (χ0n) is 6.52. The summed E-state index contributed by atoms with van der Waals surface area (Å²) >= 11 is 0. The number of carbonyl (C=O) groups is 1. The number of aryl methyl sites for hydroxylation is 1. The van der Waals surface area contributed by atoms with Crippen LogP contribution in [-0.2, 0) is 16.6 Å². The van der Waals surface area contributed by atoms with Gasteiger partial charge in [0, 0.05) is 25.9 Å². The van der Waals surface area contributed by atoms with Crippen LogP contribution in [0.5, 0.6) is 0 Å². The topological polar surface area (TPSA) is 44.1 Å². The van der Waals surface area contributed by atoms with Crippen molar-refractivity contribution in [2.45, 2.75) is 6.10 Å². The molecule has 1 atom stereocenters. The Morgan fingerprint density at radius 1 is 1.82 bits per heavy atom. The first-order chi connectivity index (χ1) is 5.27. The molecule has 0 fully saturated rings. The Balaban J connectivity index is 2.81. The molecule has 1 unspecified atom stereocenters. The normalized spacial score (nSPS) is 12.9. The zero-order chi connectivity index (χ0) is 8.27. The summed E-state index contributed by atoms with van der Waals surface area (Å²) in [5.41, 5.74) is 0.782. The second kappa shape index (κ2) is 3.30. The molecule has 0 aliphatic heterocycles. The van der Waals surface area contributed by atoms with E-state index in [0.29, 0.717) is 0 Å². The fraction of sp³-hybridized carbons (Fsp3) is 0.429. The predicted molar refractivity (Wildman–Crippen MR) is 39.0 cm³/mol. The van der Waals surface area contributed by atoms with E-state index in [1.807, 2.05) is 0 Å². The minimum absolute atomic E-state index is 0.483. The molecule has 0 saturated carbocycles. The maximum absolute atomic E-state index is 10.4. The summed E-state index contributed by atoms with van der Waals surface area (Å²) in [6.45, 7) is 0. The molecule has 1 aromatic rings. The van der Waals surface area contributed by atoms with E-state index >= 15 is 0 Å². The lowest BCUT2D eigenvalue weighted by atomic mass is 10.2. The molecule has 0 saturated heterocycles. The summed E-state index contributed by atoms with van der Waals surface area (Å²) in [4.78, 5) is 10.4. The summed E-state index contributed by atoms with van der Waals surface area (Å²) < 4.78 is 6.51. The van der Waals surface area contributed by atoms with Gasteiger partial charge in [0.05, 0.1) is 6.20 Å². The molecule has 0 aliphatic carbocycles. The molecule has 0 aromatic carbocycles. The monoisotopic (exact) mass is 154 g/mol. The first kappa shape index (κ1) is 7.94. The number of carbonyl (C=O) groups excluding carboxylic acids is 1. The summed E-state index contributed by atoms with van der Waals surface area (Å²) in [6, 6.07) is 0. The van der Waals surface area contributed by atoms with E-state index < -0.39 is 6.10 Å². The molecule has 4 nitrogen and oxygen atoms in total. The van der Waals surface area contributed by atoms with Crippen molar-refractivity contribution in [3.8, 4) is 0 Å². The average molecular weight is 154 g/mol. The largest absolute Gasteiger partial charge is 0.369 e. The summed E-state index contributed by atoms with van der Waals surface area (Å²) in [7, 11) is 3.28. The summed E-state index contributed by atoms with van der Waals surface area (Å²) in [5.74, 6) is 0. The minimum Gasteiger partial charge on any atom is -0.369 e. The van der Waals surface area contributed by atoms with Crippen molar-refractivity contribution in [2.24, 2.45) is 7.05 Å². The molecule has 11 heavy (non-hydrogen) atoms. The van der Waals surface area contributed by atoms with Crippen LogP contribution in [0, 0.1) is 0 Å². The molecule has 0 amide bonds. The van der Waals surface area contributed by atoms with Gasteiger partial charge in [0.25, 0.3) is 0 Å². The Morgan fingerprint density at radius 3 is 2.91 bits per heavy atom. The fourth-order valence-electron chi connectivity index (χ4n) is 0.857. The number of hydrogen-bond donors (Lipinski definition) is 0. The van der Waals surface area contributed by atoms with Gasteiger partial charge in [0.15, 0.2) is 6.29 Å². The standard InChI is InChI=1S/C7H10N2O2/c1-9-4-6(3-8-9)7(5-10)11-2/h3-5,7H,1-2H3. The number of hydrogen-bond acceptors (Lipinski definition) is 3. The van der Waals surface area contributed by atoms with Crippen LogP contribution in [0.25, 0.3) is 0 Å². The molecule has 1 rings (SSSR count). The highest BCUT2D eigenvalue weighted by Gasteiger charge is 2.09. The number of aromatic nitrogens is 2. The average Bonchev–Trinajstić information content (AvgIpc) is 2.39. The third kappa shape index (κ3) is 1.65. The van der Waals surface area contributed by atoms with Crippen LogP contribution in [0.2, 0.25) is 0 Å². The Morgan fingerprint density at radius 2 is 2.55 bits per heavy atom. The SMILES string of the molecule is COC(C=O)c1cnn(C)c1. The van der Waals surface area contributed by atoms with Crippen LogP contribution < -0.4 is 0 Å². The molecular weight excluding hydrogens is 144 g/mol. The molecule has 0 bridgehead atoms. The maximum atomic E-state index is 10.4. The van der Waals surface area contributed by atoms with E-state index in [2.05, 4.69) is 5.10 Å². The highest BCUT2D eigenvalue weighted by molar-refractivity contribution is 5.59. The second-order valence-electron chi connectivity index (χ2n) is 2.24. The van der Waals surface area contributed by atoms with E-state index in [9.17, 15) is 4.79 Å². The van der Waals surface area contributed by atoms with E-state index in [1.54, 1.807) is 24.1 Å². The molecule has 0 aliphatic rings. The second-order valence-corrected chi connectivity index (χ2v) is 2.24. The van der Waals surface area contributed by atoms with Gasteiger partial charge >= 0.3 is 0 Å². The van der Waals surface area contributed by atoms with Crippen molar-refractivity contribution in [1.82, 2.24) is 9.78 Å². The van der Waals surface area contributed by atoms with Gasteiger partial charge in [-0.15, -0.1) is 0 Å². The third-order valence-electron chi connectivity index (χ3n) is 1.43. The molecule has 4 heteroatoms. The number of methoxy groups -OCH3 is 1. The van der Waals surface area contributed by atoms with Gasteiger partial charge in [-0.1, -0.05) is 0 Å². The van der Waals surface area contributed by atoms with Crippen molar-refractivity contribution in [3.63, 3.8) is 0 Å². The van der Waals surface area contributed by atoms with Gasteiger partial charge in [0.1, 0.15) is 6.10 Å². The third-order valence-corrected chi connectivity index (χ3v) is 1.43. The quantitative estimate of drug-likeness (QED) is 0.588. The van der Waals surface area contributed by atoms with E-state index in [0.717, 1.165) is 11.8 Å². The predicted octanol–water partition coefficient (Wildman–Crippen LogP) is 0.306. The zero-order valence-corrected chi connectivity index (χ0v) is 6.52. The number of ether oxygens (including phenoxy) is 1. The molecule has 60 valence electrons. The van der Waals surface area contributed by atoms with Crippen LogP contribution in [0.15, 0.2) is 12.4 Å². The van der Waals surface area contributed by atoms with Crippen LogP contribution >= 0.6 is 0 Å². The molecule has 0 spiro atoms. The van der Waals surface area contributed by atoms with Gasteiger partial charge in [-0.3, -0.25) is 4.68 Å². The van der Waals surface area contributed by atoms with Crippen LogP contribution in [0.4, 0.5) is 0 Å². The molecule has 1 heterocycles. The van der Waals surface area contributed by atoms with Gasteiger partial charge in [-0.05, 0) is 0 Å². The Bertz CT molecular complexity index is 244. The minimum atomic E-state index is -0.483. The fourth-order valence-corrected chi connectivity index (χ4v) is 0.857. The van der Waals surface area contributed by atoms with Crippen LogP contribution in [0.3, 0.4) is 0 Å². The van der Waals surface area contributed by atoms with Crippen molar-refractivity contribution >= 4 is 6.29 Å². The Hall–Kier alpha value is -1.16. The smallest absolute Gasteiger partial charge is 0.153 e. The lowest BCUT2D eigenvalue weighted by Gasteiger charge is -2.02. The van der Waals surface area contributed by atoms with Crippen molar-refractivity contribution in [3.05, 3.63) is 18.0 Å². The van der Waals surface area contributed by atoms with Gasteiger partial charge < -0.3 is 9.53 Å². The number of rotatable bonds is 3. The van der Waals surface area contributed by atoms with E-state index in [-0.39, 0.29) is 0 Å². The van der Waals surface area contributed by atoms with Crippen molar-refractivity contribution in [1.29, 1.82) is 0 Å². The van der Waals surface area contributed by atoms with Gasteiger partial charge in [-0.25, -0.2) is 0 Å². The highest BCUT2D eigenvalue weighted by Crippen LogP contribution is 2.11. The Kier molecular flexibility index (Phi) is 2.38. The van der Waals surface area contributed by atoms with Crippen molar-refractivity contribution in [2.75, 3.05) is 7.11 Å². The molecule has 0 N–H and O–H groups in total. The molecule has 1 aromatic heterocycles. The highest BCUT2D eigenvalue weighted by atomic mass is 16.5. The maximum Gasteiger partial charge on any atom is 0.153 e. The van der Waals surface area contributed by atoms with Gasteiger partial charge in [-0.2, -0.15) is 5.10 Å². The molecule has 0 radical (unpaired) electrons. The molecular formula is C7H10N2O2. The first-order valence-corrected chi connectivity index (χ1v) is 3.24. The Labute approximate surface area is 64.8 Å². The number of nitrogens with zero attached hydrogens (tertiary/aromatic N) is 2. The lowest BCUT2D eigenvalue weighted by Crippen LogP contribution is -2.00. The first-order valence-electron chi connectivity index (χ1n) is 3.24. The van der Waals surface area contributed by atoms with Gasteiger partial charge in [0.2, 0.25) is 0 Å². The van der Waals surface area contributed by atoms with E-state index in [1.165, 1.54) is 7.11 Å². The van der Waals surface area contributed by atoms with E-state index in [4.69, 9.17) is 4.74 Å². The van der Waals surface area contributed by atoms with Crippen molar-refractivity contribution < 1.29 is 9.53 Å².